The number of alkyl halides is 12. The van der Waals surface area contributed by atoms with E-state index in [1.807, 2.05) is 12.1 Å². The predicted octanol–water partition coefficient (Wildman–Crippen LogP) is 16.6. The standard InChI is InChI=1S/C55H25F12N5/c56-52(57,58)35-11-13-37(44(23-35)54(62,63)64)31-9-15-48-42(20-31)39-5-1-3-7-46(39)71(48)50-22-34(28-70)41(33-18-29(26-68)17-30(19-33)27-69)25-51(50)72-47-8-4-2-6-40(47)43-21-32(10-16-49(43)72)38-14-12-36(53(59,60)61)24-45(38)55(65,66)67/h1-25H. The zero-order valence-electron chi connectivity index (χ0n) is 36.2. The molecule has 0 N–H and O–H groups in total. The summed E-state index contributed by atoms with van der Waals surface area (Å²) in [7, 11) is 0. The van der Waals surface area contributed by atoms with Crippen LogP contribution in [0.25, 0.3) is 88.4 Å². The highest BCUT2D eigenvalue weighted by Gasteiger charge is 2.40. The molecule has 0 aliphatic heterocycles. The molecule has 0 atom stereocenters. The van der Waals surface area contributed by atoms with E-state index < -0.39 is 58.1 Å². The third-order valence-corrected chi connectivity index (χ3v) is 12.5. The van der Waals surface area contributed by atoms with Gasteiger partial charge in [-0.1, -0.05) is 60.7 Å². The van der Waals surface area contributed by atoms with Gasteiger partial charge >= 0.3 is 24.7 Å². The quantitative estimate of drug-likeness (QED) is 0.161. The molecule has 5 nitrogen and oxygen atoms in total. The summed E-state index contributed by atoms with van der Waals surface area (Å²) in [5.74, 6) is 0. The molecule has 72 heavy (non-hydrogen) atoms. The second kappa shape index (κ2) is 16.6. The second-order valence-corrected chi connectivity index (χ2v) is 16.7. The van der Waals surface area contributed by atoms with Crippen LogP contribution in [0.4, 0.5) is 52.7 Å². The largest absolute Gasteiger partial charge is 0.417 e. The number of aromatic nitrogens is 2. The Morgan fingerprint density at radius 1 is 0.333 bits per heavy atom. The molecule has 0 aliphatic carbocycles. The Bertz CT molecular complexity index is 4000. The van der Waals surface area contributed by atoms with Crippen molar-refractivity contribution in [3.63, 3.8) is 0 Å². The van der Waals surface area contributed by atoms with Gasteiger partial charge in [0.25, 0.3) is 0 Å². The molecule has 8 aromatic carbocycles. The topological polar surface area (TPSA) is 81.2 Å². The molecular formula is C55H25F12N5. The van der Waals surface area contributed by atoms with Crippen molar-refractivity contribution in [3.05, 3.63) is 191 Å². The van der Waals surface area contributed by atoms with E-state index >= 15 is 0 Å². The molecule has 354 valence electrons. The molecule has 0 saturated carbocycles. The van der Waals surface area contributed by atoms with Crippen molar-refractivity contribution in [3.8, 4) is 63.0 Å². The summed E-state index contributed by atoms with van der Waals surface area (Å²) in [6, 6.07) is 38.4. The molecule has 2 aromatic heterocycles. The number of halogens is 12. The minimum Gasteiger partial charge on any atom is -0.307 e. The number of nitriles is 3. The molecule has 0 spiro atoms. The highest BCUT2D eigenvalue weighted by atomic mass is 19.4. The van der Waals surface area contributed by atoms with Gasteiger partial charge in [0, 0.05) is 27.1 Å². The number of benzene rings is 8. The van der Waals surface area contributed by atoms with E-state index in [-0.39, 0.29) is 56.8 Å². The number of rotatable bonds is 5. The number of para-hydroxylation sites is 2. The molecule has 0 saturated heterocycles. The predicted molar refractivity (Wildman–Crippen MR) is 246 cm³/mol. The van der Waals surface area contributed by atoms with Crippen LogP contribution in [0.1, 0.15) is 38.9 Å². The van der Waals surface area contributed by atoms with E-state index in [9.17, 15) is 68.5 Å². The van der Waals surface area contributed by atoms with Crippen molar-refractivity contribution in [1.82, 2.24) is 9.13 Å². The summed E-state index contributed by atoms with van der Waals surface area (Å²) in [5.41, 5.74) is -4.27. The first kappa shape index (κ1) is 46.7. The Hall–Kier alpha value is -9.01. The van der Waals surface area contributed by atoms with Crippen LogP contribution in [0.15, 0.2) is 152 Å². The summed E-state index contributed by atoms with van der Waals surface area (Å²) in [4.78, 5) is 0. The van der Waals surface area contributed by atoms with E-state index in [1.165, 1.54) is 60.7 Å². The van der Waals surface area contributed by atoms with Crippen LogP contribution in [0.3, 0.4) is 0 Å². The Kier molecular flexibility index (Phi) is 10.7. The molecular weight excluding hydrogens is 959 g/mol. The fourth-order valence-corrected chi connectivity index (χ4v) is 9.39. The van der Waals surface area contributed by atoms with Crippen LogP contribution in [0.5, 0.6) is 0 Å². The van der Waals surface area contributed by atoms with Crippen LogP contribution in [-0.2, 0) is 24.7 Å². The van der Waals surface area contributed by atoms with Crippen LogP contribution in [0, 0.1) is 34.0 Å². The van der Waals surface area contributed by atoms with Crippen molar-refractivity contribution in [2.45, 2.75) is 24.7 Å². The lowest BCUT2D eigenvalue weighted by molar-refractivity contribution is -0.144. The maximum absolute atomic E-state index is 14.5. The maximum atomic E-state index is 14.5. The average molecular weight is 984 g/mol. The van der Waals surface area contributed by atoms with E-state index in [2.05, 4.69) is 6.07 Å². The van der Waals surface area contributed by atoms with Crippen LogP contribution < -0.4 is 0 Å². The average Bonchev–Trinajstić information content (AvgIpc) is 3.86. The fraction of sp³-hybridized carbons (Fsp3) is 0.0727. The van der Waals surface area contributed by atoms with Gasteiger partial charge in [0.15, 0.2) is 0 Å². The summed E-state index contributed by atoms with van der Waals surface area (Å²) in [6.07, 6.45) is -20.5. The molecule has 0 aliphatic rings. The van der Waals surface area contributed by atoms with Crippen molar-refractivity contribution >= 4 is 43.6 Å². The monoisotopic (exact) mass is 983 g/mol. The van der Waals surface area contributed by atoms with Gasteiger partial charge in [-0.05, 0) is 119 Å². The smallest absolute Gasteiger partial charge is 0.307 e. The van der Waals surface area contributed by atoms with Gasteiger partial charge in [-0.3, -0.25) is 0 Å². The van der Waals surface area contributed by atoms with Gasteiger partial charge in [-0.15, -0.1) is 0 Å². The zero-order valence-corrected chi connectivity index (χ0v) is 36.2. The Balaban J connectivity index is 1.29. The lowest BCUT2D eigenvalue weighted by Gasteiger charge is -2.20. The zero-order chi connectivity index (χ0) is 51.2. The van der Waals surface area contributed by atoms with Crippen LogP contribution >= 0.6 is 0 Å². The molecule has 10 aromatic rings. The lowest BCUT2D eigenvalue weighted by atomic mass is 9.95. The van der Waals surface area contributed by atoms with Crippen molar-refractivity contribution in [1.29, 1.82) is 15.8 Å². The maximum Gasteiger partial charge on any atom is 0.417 e. The Morgan fingerprint density at radius 3 is 1.15 bits per heavy atom. The number of nitrogens with zero attached hydrogens (tertiary/aromatic N) is 5. The van der Waals surface area contributed by atoms with Gasteiger partial charge in [0.1, 0.15) is 0 Å². The molecule has 0 unspecified atom stereocenters. The summed E-state index contributed by atoms with van der Waals surface area (Å²) in [6.45, 7) is 0. The first-order chi connectivity index (χ1) is 34.1. The molecule has 0 amide bonds. The normalized spacial score (nSPS) is 12.4. The molecule has 0 radical (unpaired) electrons. The van der Waals surface area contributed by atoms with Crippen molar-refractivity contribution < 1.29 is 52.7 Å². The number of hydrogen-bond acceptors (Lipinski definition) is 3. The lowest BCUT2D eigenvalue weighted by Crippen LogP contribution is -2.12. The first-order valence-electron chi connectivity index (χ1n) is 21.3. The highest BCUT2D eigenvalue weighted by molar-refractivity contribution is 6.13. The Labute approximate surface area is 398 Å². The summed E-state index contributed by atoms with van der Waals surface area (Å²) < 4.78 is 173. The number of hydrogen-bond donors (Lipinski definition) is 0. The SMILES string of the molecule is N#Cc1cc(C#N)cc(-c2cc(-n3c4ccccc4c4cc(-c5ccc(C(F)(F)F)cc5C(F)(F)F)ccc43)c(-n3c4ccccc4c4cc(-c5ccc(C(F)(F)F)cc5C(F)(F)F)ccc43)cc2C#N)c1. The molecule has 2 heterocycles. The molecule has 17 heteroatoms. The third-order valence-electron chi connectivity index (χ3n) is 12.5. The van der Waals surface area contributed by atoms with Crippen molar-refractivity contribution in [2.75, 3.05) is 0 Å². The third kappa shape index (κ3) is 7.87. The summed E-state index contributed by atoms with van der Waals surface area (Å²) in [5, 5.41) is 32.4. The van der Waals surface area contributed by atoms with E-state index in [0.29, 0.717) is 61.4 Å². The minimum absolute atomic E-state index is 0.0277. The Morgan fingerprint density at radius 2 is 0.750 bits per heavy atom. The van der Waals surface area contributed by atoms with Crippen molar-refractivity contribution in [2.24, 2.45) is 0 Å². The molecule has 0 fully saturated rings. The van der Waals surface area contributed by atoms with E-state index in [1.54, 1.807) is 63.7 Å². The van der Waals surface area contributed by atoms with Gasteiger partial charge < -0.3 is 9.13 Å². The number of fused-ring (bicyclic) bond motifs is 6. The van der Waals surface area contributed by atoms with Gasteiger partial charge in [-0.2, -0.15) is 68.5 Å². The van der Waals surface area contributed by atoms with Crippen LogP contribution in [-0.4, -0.2) is 9.13 Å². The fourth-order valence-electron chi connectivity index (χ4n) is 9.39. The van der Waals surface area contributed by atoms with E-state index in [4.69, 9.17) is 0 Å². The van der Waals surface area contributed by atoms with Gasteiger partial charge in [-0.25, -0.2) is 0 Å². The second-order valence-electron chi connectivity index (χ2n) is 16.7. The van der Waals surface area contributed by atoms with Gasteiger partial charge in [0.2, 0.25) is 0 Å². The first-order valence-corrected chi connectivity index (χ1v) is 21.3. The summed E-state index contributed by atoms with van der Waals surface area (Å²) >= 11 is 0. The highest BCUT2D eigenvalue weighted by Crippen LogP contribution is 2.47. The minimum atomic E-state index is -5.19. The molecule has 0 bridgehead atoms. The molecule has 10 rings (SSSR count). The van der Waals surface area contributed by atoms with Gasteiger partial charge in [0.05, 0.1) is 90.6 Å². The van der Waals surface area contributed by atoms with E-state index in [0.717, 1.165) is 12.1 Å². The van der Waals surface area contributed by atoms with Crippen LogP contribution in [0.2, 0.25) is 0 Å².